The van der Waals surface area contributed by atoms with Gasteiger partial charge in [-0.05, 0) is 57.9 Å². The highest BCUT2D eigenvalue weighted by molar-refractivity contribution is 9.11. The highest BCUT2D eigenvalue weighted by atomic mass is 79.9. The summed E-state index contributed by atoms with van der Waals surface area (Å²) < 4.78 is 4.36. The van der Waals surface area contributed by atoms with Crippen LogP contribution in [0.3, 0.4) is 0 Å². The van der Waals surface area contributed by atoms with Crippen LogP contribution in [-0.2, 0) is 0 Å². The van der Waals surface area contributed by atoms with Gasteiger partial charge in [-0.3, -0.25) is 0 Å². The lowest BCUT2D eigenvalue weighted by atomic mass is 10.0. The second kappa shape index (κ2) is 4.89. The third-order valence-electron chi connectivity index (χ3n) is 2.85. The Labute approximate surface area is 138 Å². The van der Waals surface area contributed by atoms with Crippen molar-refractivity contribution < 1.29 is 0 Å². The Morgan fingerprint density at radius 2 is 0.889 bits per heavy atom. The molecule has 0 heterocycles. The fourth-order valence-electron chi connectivity index (χ4n) is 2.06. The summed E-state index contributed by atoms with van der Waals surface area (Å²) in [6.07, 6.45) is 0. The summed E-state index contributed by atoms with van der Waals surface area (Å²) in [5.74, 6) is 0. The first-order valence-corrected chi connectivity index (χ1v) is 8.39. The van der Waals surface area contributed by atoms with Crippen molar-refractivity contribution in [2.45, 2.75) is 0 Å². The van der Waals surface area contributed by atoms with Gasteiger partial charge >= 0.3 is 0 Å². The molecule has 0 amide bonds. The van der Waals surface area contributed by atoms with Gasteiger partial charge in [-0.1, -0.05) is 63.7 Å². The molecule has 0 unspecified atom stereocenters. The normalized spacial score (nSPS) is 11.3. The van der Waals surface area contributed by atoms with E-state index in [-0.39, 0.29) is 0 Å². The molecule has 3 rings (SSSR count). The van der Waals surface area contributed by atoms with Crippen molar-refractivity contribution in [2.24, 2.45) is 0 Å². The number of benzene rings is 3. The number of rotatable bonds is 0. The van der Waals surface area contributed by atoms with E-state index < -0.39 is 0 Å². The summed E-state index contributed by atoms with van der Waals surface area (Å²) in [5.41, 5.74) is 0. The van der Waals surface area contributed by atoms with Gasteiger partial charge in [0.25, 0.3) is 0 Å². The van der Waals surface area contributed by atoms with E-state index in [1.54, 1.807) is 0 Å². The molecule has 0 aliphatic rings. The molecule has 0 nitrogen and oxygen atoms in total. The van der Waals surface area contributed by atoms with Crippen LogP contribution in [0.15, 0.2) is 54.3 Å². The molecule has 0 N–H and O–H groups in total. The van der Waals surface area contributed by atoms with E-state index in [9.17, 15) is 0 Å². The Hall–Kier alpha value is 0.1000. The third-order valence-corrected chi connectivity index (χ3v) is 5.08. The van der Waals surface area contributed by atoms with Crippen molar-refractivity contribution in [3.05, 3.63) is 54.3 Å². The summed E-state index contributed by atoms with van der Waals surface area (Å²) in [6.45, 7) is 0. The smallest absolute Gasteiger partial charge is 0.0265 e. The molecular formula is C14H6Br4. The molecule has 4 heteroatoms. The molecule has 0 radical (unpaired) electrons. The number of hydrogen-bond acceptors (Lipinski definition) is 0. The minimum atomic E-state index is 1.08. The van der Waals surface area contributed by atoms with Gasteiger partial charge in [0.1, 0.15) is 0 Å². The average molecular weight is 494 g/mol. The van der Waals surface area contributed by atoms with E-state index in [0.29, 0.717) is 0 Å². The molecule has 3 aromatic carbocycles. The second-order valence-corrected chi connectivity index (χ2v) is 7.61. The van der Waals surface area contributed by atoms with E-state index in [1.165, 1.54) is 21.5 Å². The van der Waals surface area contributed by atoms with Crippen molar-refractivity contribution in [3.8, 4) is 0 Å². The predicted molar refractivity (Wildman–Crippen MR) is 92.3 cm³/mol. The highest BCUT2D eigenvalue weighted by Gasteiger charge is 2.06. The summed E-state index contributed by atoms with van der Waals surface area (Å²) in [6, 6.07) is 12.8. The number of halogens is 4. The molecule has 3 aromatic rings. The predicted octanol–water partition coefficient (Wildman–Crippen LogP) is 7.04. The van der Waals surface area contributed by atoms with Gasteiger partial charge in [0.2, 0.25) is 0 Å². The van der Waals surface area contributed by atoms with Crippen molar-refractivity contribution in [2.75, 3.05) is 0 Å². The zero-order valence-electron chi connectivity index (χ0n) is 8.98. The summed E-state index contributed by atoms with van der Waals surface area (Å²) in [7, 11) is 0. The lowest BCUT2D eigenvalue weighted by molar-refractivity contribution is 1.65. The standard InChI is InChI=1S/C14H6Br4/c15-9-1-7-3-12-8(2-10(16)6-14(12)18)4-11(7)13(17)5-9/h1-6H. The Morgan fingerprint density at radius 3 is 1.28 bits per heavy atom. The summed E-state index contributed by atoms with van der Waals surface area (Å²) >= 11 is 14.3. The molecule has 0 bridgehead atoms. The quantitative estimate of drug-likeness (QED) is 0.295. The Balaban J connectivity index is 2.51. The van der Waals surface area contributed by atoms with Gasteiger partial charge in [-0.25, -0.2) is 0 Å². The lowest BCUT2D eigenvalue weighted by Crippen LogP contribution is -1.81. The fraction of sp³-hybridized carbons (Fsp3) is 0. The molecule has 90 valence electrons. The SMILES string of the molecule is Brc1cc(Br)c2cc3cc(Br)cc(Br)c3cc2c1. The van der Waals surface area contributed by atoms with Gasteiger partial charge < -0.3 is 0 Å². The van der Waals surface area contributed by atoms with Gasteiger partial charge in [0.15, 0.2) is 0 Å². The van der Waals surface area contributed by atoms with Crippen molar-refractivity contribution in [1.82, 2.24) is 0 Å². The fourth-order valence-corrected chi connectivity index (χ4v) is 4.81. The van der Waals surface area contributed by atoms with Crippen LogP contribution in [0.4, 0.5) is 0 Å². The van der Waals surface area contributed by atoms with Crippen LogP contribution in [0.2, 0.25) is 0 Å². The first-order valence-electron chi connectivity index (χ1n) is 5.22. The molecule has 0 aliphatic heterocycles. The average Bonchev–Trinajstić information content (AvgIpc) is 2.27. The highest BCUT2D eigenvalue weighted by Crippen LogP contribution is 2.35. The lowest BCUT2D eigenvalue weighted by Gasteiger charge is -2.07. The summed E-state index contributed by atoms with van der Waals surface area (Å²) in [4.78, 5) is 0. The van der Waals surface area contributed by atoms with Gasteiger partial charge in [0, 0.05) is 17.9 Å². The van der Waals surface area contributed by atoms with Gasteiger partial charge in [-0.2, -0.15) is 0 Å². The number of fused-ring (bicyclic) bond motifs is 2. The van der Waals surface area contributed by atoms with Crippen LogP contribution in [0, 0.1) is 0 Å². The number of hydrogen-bond donors (Lipinski definition) is 0. The van der Waals surface area contributed by atoms with Crippen LogP contribution in [0.5, 0.6) is 0 Å². The van der Waals surface area contributed by atoms with Crippen LogP contribution >= 0.6 is 63.7 Å². The minimum absolute atomic E-state index is 1.08. The van der Waals surface area contributed by atoms with Crippen LogP contribution < -0.4 is 0 Å². The maximum absolute atomic E-state index is 3.62. The third kappa shape index (κ3) is 2.28. The molecule has 0 fully saturated rings. The zero-order valence-corrected chi connectivity index (χ0v) is 15.3. The molecule has 18 heavy (non-hydrogen) atoms. The summed E-state index contributed by atoms with van der Waals surface area (Å²) in [5, 5.41) is 4.87. The molecule has 0 spiro atoms. The van der Waals surface area contributed by atoms with E-state index in [4.69, 9.17) is 0 Å². The molecular weight excluding hydrogens is 488 g/mol. The van der Waals surface area contributed by atoms with Crippen molar-refractivity contribution in [3.63, 3.8) is 0 Å². The first-order chi connectivity index (χ1) is 8.54. The van der Waals surface area contributed by atoms with Crippen LogP contribution in [0.1, 0.15) is 0 Å². The monoisotopic (exact) mass is 490 g/mol. The largest absolute Gasteiger partial charge is 0.0508 e. The Morgan fingerprint density at radius 1 is 0.500 bits per heavy atom. The minimum Gasteiger partial charge on any atom is -0.0508 e. The van der Waals surface area contributed by atoms with Crippen LogP contribution in [-0.4, -0.2) is 0 Å². The molecule has 0 aliphatic carbocycles. The molecule has 0 aromatic heterocycles. The zero-order chi connectivity index (χ0) is 12.9. The Bertz CT molecular complexity index is 710. The van der Waals surface area contributed by atoms with E-state index >= 15 is 0 Å². The maximum atomic E-state index is 3.62. The molecule has 0 saturated carbocycles. The van der Waals surface area contributed by atoms with Gasteiger partial charge in [0.05, 0.1) is 0 Å². The van der Waals surface area contributed by atoms with E-state index in [2.05, 4.69) is 100 Å². The molecule has 0 saturated heterocycles. The first kappa shape index (κ1) is 13.1. The molecule has 0 atom stereocenters. The Kier molecular flexibility index (Phi) is 3.56. The van der Waals surface area contributed by atoms with Crippen molar-refractivity contribution >= 4 is 85.3 Å². The van der Waals surface area contributed by atoms with Crippen molar-refractivity contribution in [1.29, 1.82) is 0 Å². The second-order valence-electron chi connectivity index (χ2n) is 4.07. The maximum Gasteiger partial charge on any atom is 0.0265 e. The van der Waals surface area contributed by atoms with E-state index in [1.807, 2.05) is 0 Å². The van der Waals surface area contributed by atoms with Crippen LogP contribution in [0.25, 0.3) is 21.5 Å². The topological polar surface area (TPSA) is 0 Å². The van der Waals surface area contributed by atoms with Gasteiger partial charge in [-0.15, -0.1) is 0 Å². The van der Waals surface area contributed by atoms with E-state index in [0.717, 1.165) is 17.9 Å².